The van der Waals surface area contributed by atoms with E-state index in [-0.39, 0.29) is 0 Å². The number of likely N-dealkylation sites (N-methyl/N-ethyl adjacent to an activating group) is 1. The van der Waals surface area contributed by atoms with Gasteiger partial charge in [-0.25, -0.2) is 0 Å². The van der Waals surface area contributed by atoms with Gasteiger partial charge in [0.1, 0.15) is 0 Å². The molecule has 5 heteroatoms. The summed E-state index contributed by atoms with van der Waals surface area (Å²) in [6.45, 7) is 3.20. The van der Waals surface area contributed by atoms with E-state index in [1.165, 1.54) is 37.8 Å². The van der Waals surface area contributed by atoms with Gasteiger partial charge in [0.15, 0.2) is 5.82 Å². The zero-order chi connectivity index (χ0) is 13.8. The molecule has 1 saturated carbocycles. The zero-order valence-electron chi connectivity index (χ0n) is 12.3. The van der Waals surface area contributed by atoms with Crippen LogP contribution in [0.5, 0.6) is 0 Å². The van der Waals surface area contributed by atoms with E-state index < -0.39 is 0 Å². The monoisotopic (exact) mass is 275 g/mol. The summed E-state index contributed by atoms with van der Waals surface area (Å²) in [5.74, 6) is 1.74. The predicted molar refractivity (Wildman–Crippen MR) is 82.2 cm³/mol. The lowest BCUT2D eigenvalue weighted by Crippen LogP contribution is -2.29. The molecule has 110 valence electrons. The van der Waals surface area contributed by atoms with Crippen LogP contribution in [0.15, 0.2) is 12.3 Å². The molecule has 2 heterocycles. The van der Waals surface area contributed by atoms with E-state index in [2.05, 4.69) is 31.8 Å². The van der Waals surface area contributed by atoms with Crippen LogP contribution in [0, 0.1) is 5.92 Å². The molecule has 0 spiro atoms. The topological polar surface area (TPSA) is 53.1 Å². The molecule has 2 aliphatic rings. The summed E-state index contributed by atoms with van der Waals surface area (Å²) in [7, 11) is 2.04. The van der Waals surface area contributed by atoms with Crippen molar-refractivity contribution in [3.05, 3.63) is 12.3 Å². The van der Waals surface area contributed by atoms with Crippen molar-refractivity contribution in [2.75, 3.05) is 36.9 Å². The second-order valence-electron chi connectivity index (χ2n) is 6.05. The standard InChI is InChI=1S/C15H25N5/c1-16-13-6-7-20(11-13)14-8-15(19-18-10-14)17-9-12-4-2-3-5-12/h8,10,12-13,16H,2-7,9,11H2,1H3,(H,17,19)/t13-/m0/s1. The van der Waals surface area contributed by atoms with E-state index in [4.69, 9.17) is 0 Å². The molecule has 1 aromatic rings. The summed E-state index contributed by atoms with van der Waals surface area (Å²) in [5.41, 5.74) is 1.19. The number of hydrogen-bond donors (Lipinski definition) is 2. The molecule has 0 aromatic carbocycles. The second-order valence-corrected chi connectivity index (χ2v) is 6.05. The molecule has 1 aliphatic carbocycles. The smallest absolute Gasteiger partial charge is 0.150 e. The van der Waals surface area contributed by atoms with Crippen molar-refractivity contribution in [2.24, 2.45) is 5.92 Å². The number of nitrogens with one attached hydrogen (secondary N) is 2. The second kappa shape index (κ2) is 6.39. The van der Waals surface area contributed by atoms with Gasteiger partial charge in [0.25, 0.3) is 0 Å². The van der Waals surface area contributed by atoms with Crippen molar-refractivity contribution >= 4 is 11.5 Å². The fraction of sp³-hybridized carbons (Fsp3) is 0.733. The number of aromatic nitrogens is 2. The van der Waals surface area contributed by atoms with Crippen molar-refractivity contribution < 1.29 is 0 Å². The quantitative estimate of drug-likeness (QED) is 0.859. The number of nitrogens with zero attached hydrogens (tertiary/aromatic N) is 3. The largest absolute Gasteiger partial charge is 0.369 e. The Morgan fingerprint density at radius 3 is 2.90 bits per heavy atom. The Kier molecular flexibility index (Phi) is 4.35. The minimum absolute atomic E-state index is 0.595. The average Bonchev–Trinajstić information content (AvgIpc) is 3.16. The SMILES string of the molecule is CN[C@H]1CCN(c2cnnc(NCC3CCCC3)c2)C1. The molecule has 0 radical (unpaired) electrons. The highest BCUT2D eigenvalue weighted by atomic mass is 15.2. The molecule has 1 saturated heterocycles. The Bertz CT molecular complexity index is 430. The van der Waals surface area contributed by atoms with Gasteiger partial charge in [0.05, 0.1) is 11.9 Å². The van der Waals surface area contributed by atoms with Crippen molar-refractivity contribution in [1.29, 1.82) is 0 Å². The molecule has 2 N–H and O–H groups in total. The highest BCUT2D eigenvalue weighted by Gasteiger charge is 2.22. The molecule has 20 heavy (non-hydrogen) atoms. The molecule has 3 rings (SSSR count). The highest BCUT2D eigenvalue weighted by molar-refractivity contribution is 5.52. The molecule has 2 fully saturated rings. The van der Waals surface area contributed by atoms with Gasteiger partial charge in [-0.05, 0) is 32.2 Å². The Morgan fingerprint density at radius 1 is 1.30 bits per heavy atom. The molecule has 1 aromatic heterocycles. The van der Waals surface area contributed by atoms with E-state index in [1.54, 1.807) is 0 Å². The lowest BCUT2D eigenvalue weighted by Gasteiger charge is -2.19. The van der Waals surface area contributed by atoms with Crippen molar-refractivity contribution in [1.82, 2.24) is 15.5 Å². The highest BCUT2D eigenvalue weighted by Crippen LogP contribution is 2.25. The van der Waals surface area contributed by atoms with Gasteiger partial charge in [-0.2, -0.15) is 5.10 Å². The van der Waals surface area contributed by atoms with Gasteiger partial charge in [-0.3, -0.25) is 0 Å². The van der Waals surface area contributed by atoms with E-state index in [0.29, 0.717) is 6.04 Å². The fourth-order valence-electron chi connectivity index (χ4n) is 3.31. The molecule has 0 unspecified atom stereocenters. The van der Waals surface area contributed by atoms with Gasteiger partial charge in [-0.1, -0.05) is 12.8 Å². The van der Waals surface area contributed by atoms with E-state index in [9.17, 15) is 0 Å². The summed E-state index contributed by atoms with van der Waals surface area (Å²) in [4.78, 5) is 2.39. The molecular formula is C15H25N5. The molecular weight excluding hydrogens is 250 g/mol. The summed E-state index contributed by atoms with van der Waals surface area (Å²) in [5, 5.41) is 15.2. The van der Waals surface area contributed by atoms with Crippen LogP contribution in [0.4, 0.5) is 11.5 Å². The van der Waals surface area contributed by atoms with Crippen LogP contribution in [-0.4, -0.2) is 42.9 Å². The lowest BCUT2D eigenvalue weighted by atomic mass is 10.1. The summed E-state index contributed by atoms with van der Waals surface area (Å²) in [6, 6.07) is 2.73. The minimum Gasteiger partial charge on any atom is -0.369 e. The summed E-state index contributed by atoms with van der Waals surface area (Å²) in [6.07, 6.45) is 8.56. The minimum atomic E-state index is 0.595. The van der Waals surface area contributed by atoms with Crippen molar-refractivity contribution in [2.45, 2.75) is 38.1 Å². The third-order valence-electron chi connectivity index (χ3n) is 4.65. The number of rotatable bonds is 5. The molecule has 1 atom stereocenters. The number of anilines is 2. The maximum absolute atomic E-state index is 4.21. The van der Waals surface area contributed by atoms with E-state index in [1.807, 2.05) is 13.2 Å². The third-order valence-corrected chi connectivity index (χ3v) is 4.65. The maximum atomic E-state index is 4.21. The van der Waals surface area contributed by atoms with Crippen LogP contribution in [0.2, 0.25) is 0 Å². The fourth-order valence-corrected chi connectivity index (χ4v) is 3.31. The van der Waals surface area contributed by atoms with Crippen LogP contribution >= 0.6 is 0 Å². The van der Waals surface area contributed by atoms with Crippen LogP contribution in [-0.2, 0) is 0 Å². The van der Waals surface area contributed by atoms with E-state index >= 15 is 0 Å². The Hall–Kier alpha value is -1.36. The summed E-state index contributed by atoms with van der Waals surface area (Å²) >= 11 is 0. The first kappa shape index (κ1) is 13.6. The normalized spacial score (nSPS) is 23.4. The first-order chi connectivity index (χ1) is 9.85. The van der Waals surface area contributed by atoms with Crippen molar-refractivity contribution in [3.8, 4) is 0 Å². The van der Waals surface area contributed by atoms with Crippen molar-refractivity contribution in [3.63, 3.8) is 0 Å². The Labute approximate surface area is 121 Å². The predicted octanol–water partition coefficient (Wildman–Crippen LogP) is 1.88. The number of hydrogen-bond acceptors (Lipinski definition) is 5. The average molecular weight is 275 g/mol. The first-order valence-electron chi connectivity index (χ1n) is 7.84. The van der Waals surface area contributed by atoms with Crippen LogP contribution in [0.25, 0.3) is 0 Å². The molecule has 0 bridgehead atoms. The first-order valence-corrected chi connectivity index (χ1v) is 7.84. The van der Waals surface area contributed by atoms with Gasteiger partial charge >= 0.3 is 0 Å². The van der Waals surface area contributed by atoms with Gasteiger partial charge in [0, 0.05) is 31.7 Å². The van der Waals surface area contributed by atoms with Gasteiger partial charge < -0.3 is 15.5 Å². The van der Waals surface area contributed by atoms with Crippen LogP contribution in [0.1, 0.15) is 32.1 Å². The lowest BCUT2D eigenvalue weighted by molar-refractivity contribution is 0.578. The Balaban J connectivity index is 1.58. The van der Waals surface area contributed by atoms with E-state index in [0.717, 1.165) is 31.4 Å². The van der Waals surface area contributed by atoms with Crippen LogP contribution in [0.3, 0.4) is 0 Å². The zero-order valence-corrected chi connectivity index (χ0v) is 12.3. The van der Waals surface area contributed by atoms with Crippen LogP contribution < -0.4 is 15.5 Å². The molecule has 1 aliphatic heterocycles. The summed E-state index contributed by atoms with van der Waals surface area (Å²) < 4.78 is 0. The molecule has 5 nitrogen and oxygen atoms in total. The Morgan fingerprint density at radius 2 is 2.15 bits per heavy atom. The molecule has 0 amide bonds. The van der Waals surface area contributed by atoms with Gasteiger partial charge in [0.2, 0.25) is 0 Å². The van der Waals surface area contributed by atoms with Gasteiger partial charge in [-0.15, -0.1) is 5.10 Å². The maximum Gasteiger partial charge on any atom is 0.150 e. The third kappa shape index (κ3) is 3.20.